The Hall–Kier alpha value is -0.120. The Labute approximate surface area is 106 Å². The number of fused-ring (bicyclic) bond motifs is 1. The average Bonchev–Trinajstić information content (AvgIpc) is 2.56. The van der Waals surface area contributed by atoms with Crippen molar-refractivity contribution in [3.05, 3.63) is 0 Å². The van der Waals surface area contributed by atoms with Gasteiger partial charge in [0.1, 0.15) is 0 Å². The maximum Gasteiger partial charge on any atom is 0.0223 e. The van der Waals surface area contributed by atoms with Gasteiger partial charge in [-0.15, -0.1) is 0 Å². The number of rotatable bonds is 4. The molecule has 0 aromatic rings. The second-order valence-corrected chi connectivity index (χ2v) is 6.33. The first-order chi connectivity index (χ1) is 8.15. The molecular weight excluding hydrogens is 210 g/mol. The van der Waals surface area contributed by atoms with E-state index in [0.29, 0.717) is 6.04 Å². The first-order valence-electron chi connectivity index (χ1n) is 7.37. The van der Waals surface area contributed by atoms with Gasteiger partial charge in [0.05, 0.1) is 0 Å². The third-order valence-corrected chi connectivity index (χ3v) is 4.15. The molecule has 2 fully saturated rings. The van der Waals surface area contributed by atoms with E-state index in [1.807, 2.05) is 0 Å². The van der Waals surface area contributed by atoms with Crippen molar-refractivity contribution in [1.29, 1.82) is 0 Å². The first-order valence-corrected chi connectivity index (χ1v) is 7.37. The molecule has 3 nitrogen and oxygen atoms in total. The molecule has 0 saturated carbocycles. The van der Waals surface area contributed by atoms with E-state index in [1.54, 1.807) is 0 Å². The van der Waals surface area contributed by atoms with E-state index in [4.69, 9.17) is 5.73 Å². The summed E-state index contributed by atoms with van der Waals surface area (Å²) >= 11 is 0. The van der Waals surface area contributed by atoms with Crippen molar-refractivity contribution in [2.45, 2.75) is 51.6 Å². The van der Waals surface area contributed by atoms with E-state index in [1.165, 1.54) is 45.4 Å². The van der Waals surface area contributed by atoms with Gasteiger partial charge in [-0.25, -0.2) is 0 Å². The zero-order chi connectivity index (χ0) is 12.3. The molecule has 0 aromatic carbocycles. The summed E-state index contributed by atoms with van der Waals surface area (Å²) < 4.78 is 0. The normalized spacial score (nSPS) is 29.3. The fraction of sp³-hybridized carbons (Fsp3) is 1.00. The highest BCUT2D eigenvalue weighted by molar-refractivity contribution is 4.86. The molecule has 0 aliphatic carbocycles. The van der Waals surface area contributed by atoms with E-state index in [-0.39, 0.29) is 0 Å². The van der Waals surface area contributed by atoms with Crippen LogP contribution in [0.2, 0.25) is 0 Å². The molecule has 0 aromatic heterocycles. The Morgan fingerprint density at radius 3 is 2.71 bits per heavy atom. The molecule has 17 heavy (non-hydrogen) atoms. The minimum absolute atomic E-state index is 0.364. The summed E-state index contributed by atoms with van der Waals surface area (Å²) in [5.41, 5.74) is 6.24. The fourth-order valence-electron chi connectivity index (χ4n) is 3.46. The van der Waals surface area contributed by atoms with Gasteiger partial charge in [0, 0.05) is 25.2 Å². The highest BCUT2D eigenvalue weighted by Crippen LogP contribution is 2.21. The molecule has 2 aliphatic rings. The number of hydrogen-bond donors (Lipinski definition) is 1. The number of nitrogens with two attached hydrogens (primary N) is 1. The average molecular weight is 239 g/mol. The lowest BCUT2D eigenvalue weighted by molar-refractivity contribution is 0.208. The van der Waals surface area contributed by atoms with Crippen molar-refractivity contribution in [2.75, 3.05) is 32.7 Å². The molecular formula is C14H29N3. The molecule has 0 radical (unpaired) electrons. The van der Waals surface area contributed by atoms with E-state index in [9.17, 15) is 0 Å². The second kappa shape index (κ2) is 6.17. The lowest BCUT2D eigenvalue weighted by Crippen LogP contribution is -2.42. The van der Waals surface area contributed by atoms with Crippen LogP contribution in [-0.4, -0.2) is 54.6 Å². The summed E-state index contributed by atoms with van der Waals surface area (Å²) in [6.45, 7) is 10.8. The van der Waals surface area contributed by atoms with Crippen LogP contribution in [0.4, 0.5) is 0 Å². The first kappa shape index (κ1) is 13.3. The maximum atomic E-state index is 6.24. The zero-order valence-corrected chi connectivity index (χ0v) is 11.6. The molecule has 1 unspecified atom stereocenters. The molecule has 100 valence electrons. The Morgan fingerprint density at radius 1 is 1.18 bits per heavy atom. The molecule has 2 saturated heterocycles. The largest absolute Gasteiger partial charge is 0.327 e. The molecule has 0 amide bonds. The maximum absolute atomic E-state index is 6.24. The van der Waals surface area contributed by atoms with Crippen LogP contribution in [0.5, 0.6) is 0 Å². The Kier molecular flexibility index (Phi) is 4.83. The molecule has 2 atom stereocenters. The van der Waals surface area contributed by atoms with Gasteiger partial charge in [0.15, 0.2) is 0 Å². The van der Waals surface area contributed by atoms with Gasteiger partial charge in [-0.1, -0.05) is 13.8 Å². The van der Waals surface area contributed by atoms with Crippen molar-refractivity contribution in [1.82, 2.24) is 9.80 Å². The van der Waals surface area contributed by atoms with Gasteiger partial charge in [-0.3, -0.25) is 4.90 Å². The van der Waals surface area contributed by atoms with Crippen LogP contribution in [0.1, 0.15) is 39.5 Å². The van der Waals surface area contributed by atoms with Crippen molar-refractivity contribution >= 4 is 0 Å². The molecule has 3 heteroatoms. The van der Waals surface area contributed by atoms with E-state index in [2.05, 4.69) is 23.6 Å². The van der Waals surface area contributed by atoms with Crippen LogP contribution in [0.15, 0.2) is 0 Å². The third-order valence-electron chi connectivity index (χ3n) is 4.15. The van der Waals surface area contributed by atoms with Gasteiger partial charge < -0.3 is 10.6 Å². The Bertz CT molecular complexity index is 230. The number of hydrogen-bond acceptors (Lipinski definition) is 3. The minimum Gasteiger partial charge on any atom is -0.327 e. The molecule has 0 spiro atoms. The lowest BCUT2D eigenvalue weighted by Gasteiger charge is -2.28. The van der Waals surface area contributed by atoms with E-state index >= 15 is 0 Å². The summed E-state index contributed by atoms with van der Waals surface area (Å²) in [6.07, 6.45) is 5.28. The molecule has 2 rings (SSSR count). The molecule has 2 N–H and O–H groups in total. The van der Waals surface area contributed by atoms with Gasteiger partial charge in [-0.2, -0.15) is 0 Å². The SMILES string of the molecule is CC(C)C[C@@H](N)CN1CCCN2CCCC2C1. The van der Waals surface area contributed by atoms with Crippen molar-refractivity contribution in [3.63, 3.8) is 0 Å². The topological polar surface area (TPSA) is 32.5 Å². The third kappa shape index (κ3) is 3.94. The molecule has 2 aliphatic heterocycles. The zero-order valence-electron chi connectivity index (χ0n) is 11.6. The van der Waals surface area contributed by atoms with Gasteiger partial charge >= 0.3 is 0 Å². The predicted octanol–water partition coefficient (Wildman–Crippen LogP) is 1.53. The van der Waals surface area contributed by atoms with Crippen LogP contribution in [0.25, 0.3) is 0 Å². The van der Waals surface area contributed by atoms with Crippen LogP contribution in [0, 0.1) is 5.92 Å². The van der Waals surface area contributed by atoms with Gasteiger partial charge in [0.25, 0.3) is 0 Å². The van der Waals surface area contributed by atoms with Crippen LogP contribution < -0.4 is 5.73 Å². The van der Waals surface area contributed by atoms with Gasteiger partial charge in [0.2, 0.25) is 0 Å². The van der Waals surface area contributed by atoms with Crippen LogP contribution in [-0.2, 0) is 0 Å². The summed E-state index contributed by atoms with van der Waals surface area (Å²) in [5, 5.41) is 0. The quantitative estimate of drug-likeness (QED) is 0.807. The molecule has 2 heterocycles. The summed E-state index contributed by atoms with van der Waals surface area (Å²) in [6, 6.07) is 1.19. The Morgan fingerprint density at radius 2 is 1.94 bits per heavy atom. The Balaban J connectivity index is 1.80. The van der Waals surface area contributed by atoms with Gasteiger partial charge in [-0.05, 0) is 51.2 Å². The summed E-state index contributed by atoms with van der Waals surface area (Å²) in [5.74, 6) is 0.722. The lowest BCUT2D eigenvalue weighted by atomic mass is 10.0. The standard InChI is InChI=1S/C14H29N3/c1-12(2)9-13(15)10-16-6-4-8-17-7-3-5-14(17)11-16/h12-14H,3-11,15H2,1-2H3/t13-,14?/m1/s1. The van der Waals surface area contributed by atoms with E-state index in [0.717, 1.165) is 24.9 Å². The second-order valence-electron chi connectivity index (χ2n) is 6.33. The van der Waals surface area contributed by atoms with Crippen LogP contribution >= 0.6 is 0 Å². The highest BCUT2D eigenvalue weighted by atomic mass is 15.3. The van der Waals surface area contributed by atoms with Crippen LogP contribution in [0.3, 0.4) is 0 Å². The minimum atomic E-state index is 0.364. The summed E-state index contributed by atoms with van der Waals surface area (Å²) in [7, 11) is 0. The smallest absolute Gasteiger partial charge is 0.0223 e. The fourth-order valence-corrected chi connectivity index (χ4v) is 3.46. The number of nitrogens with zero attached hydrogens (tertiary/aromatic N) is 2. The van der Waals surface area contributed by atoms with Crippen molar-refractivity contribution < 1.29 is 0 Å². The predicted molar refractivity (Wildman–Crippen MR) is 73.1 cm³/mol. The highest BCUT2D eigenvalue weighted by Gasteiger charge is 2.28. The monoisotopic (exact) mass is 239 g/mol. The molecule has 0 bridgehead atoms. The van der Waals surface area contributed by atoms with Crippen molar-refractivity contribution in [3.8, 4) is 0 Å². The van der Waals surface area contributed by atoms with E-state index < -0.39 is 0 Å². The van der Waals surface area contributed by atoms with Crippen molar-refractivity contribution in [2.24, 2.45) is 11.7 Å². The summed E-state index contributed by atoms with van der Waals surface area (Å²) in [4.78, 5) is 5.30.